The minimum absolute atomic E-state index is 0.121. The van der Waals surface area contributed by atoms with Crippen LogP contribution in [0.25, 0.3) is 0 Å². The lowest BCUT2D eigenvalue weighted by Gasteiger charge is -2.34. The number of hydrogen-bond acceptors (Lipinski definition) is 3. The summed E-state index contributed by atoms with van der Waals surface area (Å²) in [6.07, 6.45) is 0.973. The van der Waals surface area contributed by atoms with Crippen molar-refractivity contribution in [3.63, 3.8) is 0 Å². The molecule has 0 aliphatic carbocycles. The summed E-state index contributed by atoms with van der Waals surface area (Å²) in [4.78, 5) is 0. The lowest BCUT2D eigenvalue weighted by atomic mass is 9.82. The summed E-state index contributed by atoms with van der Waals surface area (Å²) in [5.41, 5.74) is 0.273. The number of nitrogens with one attached hydrogen (secondary N) is 1. The van der Waals surface area contributed by atoms with Gasteiger partial charge in [0.2, 0.25) is 0 Å². The molecule has 1 saturated heterocycles. The molecule has 1 heterocycles. The van der Waals surface area contributed by atoms with Crippen molar-refractivity contribution < 1.29 is 18.6 Å². The van der Waals surface area contributed by atoms with Gasteiger partial charge in [-0.05, 0) is 24.3 Å². The first-order valence-electron chi connectivity index (χ1n) is 6.92. The van der Waals surface area contributed by atoms with E-state index >= 15 is 0 Å². The maximum Gasteiger partial charge on any atom is 0.131 e. The molecule has 0 amide bonds. The second kappa shape index (κ2) is 6.61. The Kier molecular flexibility index (Phi) is 5.07. The molecule has 1 aromatic rings. The monoisotopic (exact) mass is 285 g/mol. The minimum Gasteiger partial charge on any atom is -0.387 e. The first-order valence-corrected chi connectivity index (χ1v) is 6.92. The Morgan fingerprint density at radius 1 is 1.35 bits per heavy atom. The summed E-state index contributed by atoms with van der Waals surface area (Å²) in [5.74, 6) is -1.35. The van der Waals surface area contributed by atoms with Gasteiger partial charge in [-0.25, -0.2) is 8.78 Å². The van der Waals surface area contributed by atoms with E-state index in [-0.39, 0.29) is 17.5 Å². The third-order valence-corrected chi connectivity index (χ3v) is 3.91. The first-order chi connectivity index (χ1) is 9.50. The van der Waals surface area contributed by atoms with Crippen LogP contribution in [0.4, 0.5) is 8.78 Å². The van der Waals surface area contributed by atoms with Crippen molar-refractivity contribution in [1.82, 2.24) is 5.32 Å². The molecular formula is C15H21F2NO2. The molecule has 1 aromatic carbocycles. The summed E-state index contributed by atoms with van der Waals surface area (Å²) >= 11 is 0. The van der Waals surface area contributed by atoms with Crippen LogP contribution in [0.2, 0.25) is 0 Å². The third kappa shape index (κ3) is 3.98. The van der Waals surface area contributed by atoms with E-state index in [0.29, 0.717) is 0 Å². The standard InChI is InChI=1S/C15H21F2NO2/c1-15(4-6-20-7-5-15)10-18-9-14(19)12-3-2-11(16)8-13(12)17/h2-3,8,14,18-19H,4-7,9-10H2,1H3. The Hall–Kier alpha value is -1.04. The van der Waals surface area contributed by atoms with Crippen LogP contribution in [-0.2, 0) is 4.74 Å². The molecule has 2 rings (SSSR count). The highest BCUT2D eigenvalue weighted by molar-refractivity contribution is 5.21. The highest BCUT2D eigenvalue weighted by atomic mass is 19.1. The molecule has 0 bridgehead atoms. The van der Waals surface area contributed by atoms with Crippen molar-refractivity contribution >= 4 is 0 Å². The van der Waals surface area contributed by atoms with Crippen molar-refractivity contribution in [2.45, 2.75) is 25.9 Å². The molecule has 3 nitrogen and oxygen atoms in total. The summed E-state index contributed by atoms with van der Waals surface area (Å²) in [6, 6.07) is 3.23. The molecule has 5 heteroatoms. The van der Waals surface area contributed by atoms with Crippen LogP contribution in [-0.4, -0.2) is 31.4 Å². The molecule has 0 radical (unpaired) electrons. The summed E-state index contributed by atoms with van der Waals surface area (Å²) in [6.45, 7) is 4.68. The van der Waals surface area contributed by atoms with Gasteiger partial charge < -0.3 is 15.2 Å². The van der Waals surface area contributed by atoms with E-state index in [1.54, 1.807) is 0 Å². The van der Waals surface area contributed by atoms with Gasteiger partial charge in [-0.3, -0.25) is 0 Å². The van der Waals surface area contributed by atoms with Gasteiger partial charge >= 0.3 is 0 Å². The largest absolute Gasteiger partial charge is 0.387 e. The Labute approximate surface area is 117 Å². The molecule has 20 heavy (non-hydrogen) atoms. The number of rotatable bonds is 5. The van der Waals surface area contributed by atoms with Crippen LogP contribution < -0.4 is 5.32 Å². The Balaban J connectivity index is 1.84. The van der Waals surface area contributed by atoms with Gasteiger partial charge in [-0.2, -0.15) is 0 Å². The van der Waals surface area contributed by atoms with Crippen LogP contribution in [0.15, 0.2) is 18.2 Å². The average Bonchev–Trinajstić information content (AvgIpc) is 2.39. The normalized spacial score (nSPS) is 19.8. The lowest BCUT2D eigenvalue weighted by Crippen LogP contribution is -2.38. The maximum absolute atomic E-state index is 13.5. The highest BCUT2D eigenvalue weighted by Crippen LogP contribution is 2.28. The molecule has 1 fully saturated rings. The van der Waals surface area contributed by atoms with E-state index in [9.17, 15) is 13.9 Å². The number of aliphatic hydroxyl groups excluding tert-OH is 1. The van der Waals surface area contributed by atoms with E-state index in [0.717, 1.165) is 44.7 Å². The van der Waals surface area contributed by atoms with Crippen LogP contribution in [0, 0.1) is 17.0 Å². The molecule has 0 aromatic heterocycles. The van der Waals surface area contributed by atoms with E-state index in [2.05, 4.69) is 12.2 Å². The van der Waals surface area contributed by atoms with Crippen LogP contribution in [0.3, 0.4) is 0 Å². The predicted molar refractivity (Wildman–Crippen MR) is 72.3 cm³/mol. The van der Waals surface area contributed by atoms with Gasteiger partial charge in [-0.15, -0.1) is 0 Å². The topological polar surface area (TPSA) is 41.5 Å². The molecule has 1 aliphatic heterocycles. The van der Waals surface area contributed by atoms with E-state index in [4.69, 9.17) is 4.74 Å². The van der Waals surface area contributed by atoms with Crippen LogP contribution in [0.1, 0.15) is 31.4 Å². The quantitative estimate of drug-likeness (QED) is 0.873. The zero-order valence-corrected chi connectivity index (χ0v) is 11.7. The second-order valence-electron chi connectivity index (χ2n) is 5.74. The second-order valence-corrected chi connectivity index (χ2v) is 5.74. The van der Waals surface area contributed by atoms with Gasteiger partial charge in [-0.1, -0.05) is 13.0 Å². The highest BCUT2D eigenvalue weighted by Gasteiger charge is 2.27. The molecule has 1 atom stereocenters. The Morgan fingerprint density at radius 3 is 2.70 bits per heavy atom. The van der Waals surface area contributed by atoms with Gasteiger partial charge in [0, 0.05) is 37.9 Å². The van der Waals surface area contributed by atoms with Crippen molar-refractivity contribution in [3.05, 3.63) is 35.4 Å². The van der Waals surface area contributed by atoms with Crippen molar-refractivity contribution in [2.75, 3.05) is 26.3 Å². The molecule has 1 unspecified atom stereocenters. The fourth-order valence-electron chi connectivity index (χ4n) is 2.43. The average molecular weight is 285 g/mol. The molecule has 112 valence electrons. The van der Waals surface area contributed by atoms with Crippen LogP contribution in [0.5, 0.6) is 0 Å². The van der Waals surface area contributed by atoms with Gasteiger partial charge in [0.15, 0.2) is 0 Å². The summed E-state index contributed by atoms with van der Waals surface area (Å²) in [7, 11) is 0. The number of ether oxygens (including phenoxy) is 1. The summed E-state index contributed by atoms with van der Waals surface area (Å²) in [5, 5.41) is 13.1. The van der Waals surface area contributed by atoms with Gasteiger partial charge in [0.25, 0.3) is 0 Å². The van der Waals surface area contributed by atoms with E-state index in [1.165, 1.54) is 6.07 Å². The number of aliphatic hydroxyl groups is 1. The zero-order valence-electron chi connectivity index (χ0n) is 11.7. The van der Waals surface area contributed by atoms with E-state index < -0.39 is 17.7 Å². The third-order valence-electron chi connectivity index (χ3n) is 3.91. The Morgan fingerprint density at radius 2 is 2.05 bits per heavy atom. The zero-order chi connectivity index (χ0) is 14.6. The van der Waals surface area contributed by atoms with Gasteiger partial charge in [0.1, 0.15) is 11.6 Å². The lowest BCUT2D eigenvalue weighted by molar-refractivity contribution is 0.0226. The fraction of sp³-hybridized carbons (Fsp3) is 0.600. The minimum atomic E-state index is -0.973. The SMILES string of the molecule is CC1(CNCC(O)c2ccc(F)cc2F)CCOCC1. The molecule has 1 aliphatic rings. The summed E-state index contributed by atoms with van der Waals surface area (Å²) < 4.78 is 31.6. The predicted octanol–water partition coefficient (Wildman–Crippen LogP) is 2.40. The smallest absolute Gasteiger partial charge is 0.131 e. The van der Waals surface area contributed by atoms with E-state index in [1.807, 2.05) is 0 Å². The Bertz CT molecular complexity index is 447. The number of benzene rings is 1. The molecule has 2 N–H and O–H groups in total. The van der Waals surface area contributed by atoms with Gasteiger partial charge in [0.05, 0.1) is 6.10 Å². The van der Waals surface area contributed by atoms with Crippen LogP contribution >= 0.6 is 0 Å². The van der Waals surface area contributed by atoms with Crippen molar-refractivity contribution in [1.29, 1.82) is 0 Å². The number of halogens is 2. The fourth-order valence-corrected chi connectivity index (χ4v) is 2.43. The van der Waals surface area contributed by atoms with Crippen molar-refractivity contribution in [3.8, 4) is 0 Å². The molecule has 0 spiro atoms. The molecular weight excluding hydrogens is 264 g/mol. The number of hydrogen-bond donors (Lipinski definition) is 2. The molecule has 0 saturated carbocycles. The van der Waals surface area contributed by atoms with Crippen molar-refractivity contribution in [2.24, 2.45) is 5.41 Å². The first kappa shape index (κ1) is 15.4. The maximum atomic E-state index is 13.5.